The second-order valence-corrected chi connectivity index (χ2v) is 6.07. The second kappa shape index (κ2) is 2.92. The van der Waals surface area contributed by atoms with Crippen LogP contribution in [-0.4, -0.2) is 9.97 Å². The van der Waals surface area contributed by atoms with Crippen LogP contribution in [0.1, 0.15) is 30.7 Å². The van der Waals surface area contributed by atoms with Crippen molar-refractivity contribution in [1.82, 2.24) is 9.97 Å². The van der Waals surface area contributed by atoms with Gasteiger partial charge >= 0.3 is 0 Å². The highest BCUT2D eigenvalue weighted by atomic mass is 35.5. The van der Waals surface area contributed by atoms with Crippen LogP contribution in [0.2, 0.25) is 5.15 Å². The molecule has 0 saturated carbocycles. The third-order valence-electron chi connectivity index (χ3n) is 3.17. The van der Waals surface area contributed by atoms with Gasteiger partial charge in [-0.1, -0.05) is 25.4 Å². The van der Waals surface area contributed by atoms with Gasteiger partial charge in [0.05, 0.1) is 5.39 Å². The van der Waals surface area contributed by atoms with E-state index in [4.69, 9.17) is 11.6 Å². The fourth-order valence-corrected chi connectivity index (χ4v) is 3.99. The highest BCUT2D eigenvalue weighted by molar-refractivity contribution is 7.19. The molecule has 78 valence electrons. The van der Waals surface area contributed by atoms with Crippen molar-refractivity contribution in [1.29, 1.82) is 0 Å². The van der Waals surface area contributed by atoms with Crippen LogP contribution in [0.15, 0.2) is 6.33 Å². The Kier molecular flexibility index (Phi) is 1.86. The first-order valence-corrected chi connectivity index (χ1v) is 6.21. The molecule has 0 spiro atoms. The molecule has 0 aromatic carbocycles. The van der Waals surface area contributed by atoms with Gasteiger partial charge in [0.1, 0.15) is 16.3 Å². The third-order valence-corrected chi connectivity index (χ3v) is 4.61. The summed E-state index contributed by atoms with van der Waals surface area (Å²) in [7, 11) is 0. The predicted molar refractivity (Wildman–Crippen MR) is 63.8 cm³/mol. The van der Waals surface area contributed by atoms with Gasteiger partial charge in [0.15, 0.2) is 0 Å². The van der Waals surface area contributed by atoms with Gasteiger partial charge in [-0.15, -0.1) is 11.3 Å². The van der Waals surface area contributed by atoms with Crippen molar-refractivity contribution in [2.24, 2.45) is 0 Å². The first-order valence-electron chi connectivity index (χ1n) is 5.02. The zero-order chi connectivity index (χ0) is 10.6. The zero-order valence-corrected chi connectivity index (χ0v) is 10.2. The topological polar surface area (TPSA) is 25.8 Å². The van der Waals surface area contributed by atoms with E-state index in [0.717, 1.165) is 16.6 Å². The molecule has 4 heteroatoms. The van der Waals surface area contributed by atoms with E-state index >= 15 is 0 Å². The van der Waals surface area contributed by atoms with Crippen molar-refractivity contribution in [3.8, 4) is 0 Å². The summed E-state index contributed by atoms with van der Waals surface area (Å²) in [6.45, 7) is 4.54. The minimum absolute atomic E-state index is 0.224. The molecular formula is C11H11ClN2S. The number of hydrogen-bond donors (Lipinski definition) is 0. The quantitative estimate of drug-likeness (QED) is 0.656. The van der Waals surface area contributed by atoms with Gasteiger partial charge in [0.25, 0.3) is 0 Å². The molecular weight excluding hydrogens is 228 g/mol. The van der Waals surface area contributed by atoms with E-state index in [1.165, 1.54) is 16.9 Å². The van der Waals surface area contributed by atoms with E-state index < -0.39 is 0 Å². The van der Waals surface area contributed by atoms with Crippen molar-refractivity contribution in [2.75, 3.05) is 0 Å². The highest BCUT2D eigenvalue weighted by Gasteiger charge is 2.34. The monoisotopic (exact) mass is 238 g/mol. The van der Waals surface area contributed by atoms with Gasteiger partial charge in [-0.05, 0) is 23.8 Å². The molecule has 0 amide bonds. The van der Waals surface area contributed by atoms with Crippen LogP contribution in [-0.2, 0) is 11.8 Å². The Labute approximate surface area is 97.3 Å². The Morgan fingerprint density at radius 1 is 1.40 bits per heavy atom. The van der Waals surface area contributed by atoms with E-state index in [1.807, 2.05) is 0 Å². The molecule has 0 atom stereocenters. The van der Waals surface area contributed by atoms with Crippen LogP contribution in [0.25, 0.3) is 10.2 Å². The molecule has 0 N–H and O–H groups in total. The molecule has 0 saturated heterocycles. The summed E-state index contributed by atoms with van der Waals surface area (Å²) in [5, 5.41) is 1.69. The Balaban J connectivity index is 2.45. The Morgan fingerprint density at radius 3 is 3.00 bits per heavy atom. The molecule has 1 aliphatic rings. The number of fused-ring (bicyclic) bond motifs is 3. The van der Waals surface area contributed by atoms with Crippen LogP contribution >= 0.6 is 22.9 Å². The normalized spacial score (nSPS) is 18.3. The Bertz CT molecular complexity index is 545. The molecule has 1 aliphatic carbocycles. The van der Waals surface area contributed by atoms with Gasteiger partial charge in [-0.25, -0.2) is 9.97 Å². The summed E-state index contributed by atoms with van der Waals surface area (Å²) in [6, 6.07) is 0. The van der Waals surface area contributed by atoms with E-state index in [2.05, 4.69) is 23.8 Å². The van der Waals surface area contributed by atoms with Crippen LogP contribution in [0, 0.1) is 0 Å². The van der Waals surface area contributed by atoms with Crippen LogP contribution in [0.3, 0.4) is 0 Å². The average molecular weight is 239 g/mol. The van der Waals surface area contributed by atoms with E-state index in [0.29, 0.717) is 5.15 Å². The number of rotatable bonds is 0. The summed E-state index contributed by atoms with van der Waals surface area (Å²) in [5.74, 6) is 0. The fraction of sp³-hybridized carbons (Fsp3) is 0.455. The maximum Gasteiger partial charge on any atom is 0.141 e. The minimum Gasteiger partial charge on any atom is -0.225 e. The predicted octanol–water partition coefficient (Wildman–Crippen LogP) is 3.57. The van der Waals surface area contributed by atoms with E-state index in [1.54, 1.807) is 17.7 Å². The molecule has 3 rings (SSSR count). The number of nitrogens with zero attached hydrogens (tertiary/aromatic N) is 2. The summed E-state index contributed by atoms with van der Waals surface area (Å²) < 4.78 is 0. The lowest BCUT2D eigenvalue weighted by molar-refractivity contribution is 0.525. The summed E-state index contributed by atoms with van der Waals surface area (Å²) >= 11 is 7.93. The van der Waals surface area contributed by atoms with Crippen molar-refractivity contribution in [3.63, 3.8) is 0 Å². The SMILES string of the molecule is CC1(C)CCc2sc3ncnc(Cl)c3c21. The molecule has 0 bridgehead atoms. The van der Waals surface area contributed by atoms with Crippen molar-refractivity contribution in [3.05, 3.63) is 21.9 Å². The lowest BCUT2D eigenvalue weighted by Crippen LogP contribution is -2.11. The van der Waals surface area contributed by atoms with Crippen molar-refractivity contribution >= 4 is 33.2 Å². The lowest BCUT2D eigenvalue weighted by atomic mass is 9.86. The fourth-order valence-electron chi connectivity index (χ4n) is 2.39. The largest absolute Gasteiger partial charge is 0.225 e. The molecule has 2 heterocycles. The lowest BCUT2D eigenvalue weighted by Gasteiger charge is -2.18. The van der Waals surface area contributed by atoms with Crippen molar-refractivity contribution < 1.29 is 0 Å². The number of thiophene rings is 1. The molecule has 2 aromatic heterocycles. The molecule has 0 radical (unpaired) electrons. The van der Waals surface area contributed by atoms with Gasteiger partial charge < -0.3 is 0 Å². The smallest absolute Gasteiger partial charge is 0.141 e. The maximum atomic E-state index is 6.16. The number of aromatic nitrogens is 2. The Hall–Kier alpha value is -0.670. The number of halogens is 1. The standard InChI is InChI=1S/C11H11ClN2S/c1-11(2)4-3-6-8(11)7-9(12)13-5-14-10(7)15-6/h5H,3-4H2,1-2H3. The molecule has 0 unspecified atom stereocenters. The molecule has 2 nitrogen and oxygen atoms in total. The maximum absolute atomic E-state index is 6.16. The van der Waals surface area contributed by atoms with Crippen molar-refractivity contribution in [2.45, 2.75) is 32.1 Å². The molecule has 2 aromatic rings. The minimum atomic E-state index is 0.224. The highest BCUT2D eigenvalue weighted by Crippen LogP contribution is 2.47. The third kappa shape index (κ3) is 1.23. The first-order chi connectivity index (χ1) is 7.09. The Morgan fingerprint density at radius 2 is 2.20 bits per heavy atom. The van der Waals surface area contributed by atoms with Gasteiger partial charge in [0, 0.05) is 4.88 Å². The van der Waals surface area contributed by atoms with Crippen LogP contribution in [0.5, 0.6) is 0 Å². The zero-order valence-electron chi connectivity index (χ0n) is 8.67. The summed E-state index contributed by atoms with van der Waals surface area (Å²) in [4.78, 5) is 10.9. The second-order valence-electron chi connectivity index (χ2n) is 4.63. The summed E-state index contributed by atoms with van der Waals surface area (Å²) in [6.07, 6.45) is 3.90. The summed E-state index contributed by atoms with van der Waals surface area (Å²) in [5.41, 5.74) is 1.61. The number of aryl methyl sites for hydroxylation is 1. The first kappa shape index (κ1) is 9.55. The van der Waals surface area contributed by atoms with E-state index in [-0.39, 0.29) is 5.41 Å². The molecule has 0 fully saturated rings. The molecule has 0 aliphatic heterocycles. The van der Waals surface area contributed by atoms with Crippen LogP contribution < -0.4 is 0 Å². The van der Waals surface area contributed by atoms with Gasteiger partial charge in [0.2, 0.25) is 0 Å². The van der Waals surface area contributed by atoms with Gasteiger partial charge in [-0.2, -0.15) is 0 Å². The number of hydrogen-bond acceptors (Lipinski definition) is 3. The van der Waals surface area contributed by atoms with Gasteiger partial charge in [-0.3, -0.25) is 0 Å². The average Bonchev–Trinajstić information content (AvgIpc) is 2.66. The van der Waals surface area contributed by atoms with E-state index in [9.17, 15) is 0 Å². The van der Waals surface area contributed by atoms with Crippen LogP contribution in [0.4, 0.5) is 0 Å². The molecule has 15 heavy (non-hydrogen) atoms.